The van der Waals surface area contributed by atoms with Crippen molar-refractivity contribution in [1.29, 1.82) is 0 Å². The first-order valence-corrected chi connectivity index (χ1v) is 9.57. The largest absolute Gasteiger partial charge is 0.394 e. The SMILES string of the molecule is CC1(C)CCC[C@]2(C)[C@H]3CC[C@](C)([C@@H](O)CO)O[C@]3(C)CC[C@@H]12. The Kier molecular flexibility index (Phi) is 4.18. The van der Waals surface area contributed by atoms with E-state index in [0.29, 0.717) is 16.7 Å². The van der Waals surface area contributed by atoms with Gasteiger partial charge in [-0.15, -0.1) is 0 Å². The van der Waals surface area contributed by atoms with Crippen LogP contribution in [0.4, 0.5) is 0 Å². The number of hydrogen-bond acceptors (Lipinski definition) is 3. The van der Waals surface area contributed by atoms with E-state index in [1.54, 1.807) is 0 Å². The number of aliphatic hydroxyl groups is 2. The van der Waals surface area contributed by atoms with Crippen molar-refractivity contribution in [3.63, 3.8) is 0 Å². The molecule has 23 heavy (non-hydrogen) atoms. The third-order valence-electron chi connectivity index (χ3n) is 8.01. The van der Waals surface area contributed by atoms with Crippen LogP contribution in [0.5, 0.6) is 0 Å². The number of fused-ring (bicyclic) bond motifs is 3. The minimum Gasteiger partial charge on any atom is -0.394 e. The molecule has 0 bridgehead atoms. The minimum atomic E-state index is -0.784. The van der Waals surface area contributed by atoms with E-state index < -0.39 is 11.7 Å². The molecule has 3 nitrogen and oxygen atoms in total. The lowest BCUT2D eigenvalue weighted by atomic mass is 9.44. The topological polar surface area (TPSA) is 49.7 Å². The molecule has 0 aromatic heterocycles. The molecule has 6 atom stereocenters. The summed E-state index contributed by atoms with van der Waals surface area (Å²) in [6, 6.07) is 0. The molecule has 2 saturated carbocycles. The maximum atomic E-state index is 10.3. The van der Waals surface area contributed by atoms with E-state index in [0.717, 1.165) is 25.2 Å². The van der Waals surface area contributed by atoms with Crippen LogP contribution in [-0.2, 0) is 4.74 Å². The first kappa shape index (κ1) is 17.7. The van der Waals surface area contributed by atoms with Crippen molar-refractivity contribution in [3.05, 3.63) is 0 Å². The van der Waals surface area contributed by atoms with Crippen LogP contribution in [0.15, 0.2) is 0 Å². The van der Waals surface area contributed by atoms with Crippen LogP contribution in [0.3, 0.4) is 0 Å². The Labute approximate surface area is 141 Å². The van der Waals surface area contributed by atoms with Crippen LogP contribution in [0, 0.1) is 22.7 Å². The van der Waals surface area contributed by atoms with Gasteiger partial charge < -0.3 is 14.9 Å². The third kappa shape index (κ3) is 2.58. The highest BCUT2D eigenvalue weighted by atomic mass is 16.5. The lowest BCUT2D eigenvalue weighted by Gasteiger charge is -2.65. The van der Waals surface area contributed by atoms with Crippen LogP contribution in [0.2, 0.25) is 0 Å². The zero-order valence-electron chi connectivity index (χ0n) is 15.7. The molecule has 0 aromatic carbocycles. The maximum absolute atomic E-state index is 10.3. The molecular weight excluding hydrogens is 288 g/mol. The molecule has 2 aliphatic carbocycles. The third-order valence-corrected chi connectivity index (χ3v) is 8.01. The number of aliphatic hydroxyl groups excluding tert-OH is 2. The lowest BCUT2D eigenvalue weighted by molar-refractivity contribution is -0.287. The fourth-order valence-electron chi connectivity index (χ4n) is 6.81. The van der Waals surface area contributed by atoms with Gasteiger partial charge in [0.15, 0.2) is 0 Å². The van der Waals surface area contributed by atoms with Gasteiger partial charge >= 0.3 is 0 Å². The summed E-state index contributed by atoms with van der Waals surface area (Å²) in [5.74, 6) is 1.34. The van der Waals surface area contributed by atoms with Gasteiger partial charge in [0.2, 0.25) is 0 Å². The second-order valence-corrected chi connectivity index (χ2v) is 9.96. The van der Waals surface area contributed by atoms with Gasteiger partial charge in [-0.2, -0.15) is 0 Å². The van der Waals surface area contributed by atoms with Crippen LogP contribution < -0.4 is 0 Å². The molecular formula is C20H36O3. The summed E-state index contributed by atoms with van der Waals surface area (Å²) in [5.41, 5.74) is 0.00907. The standard InChI is InChI=1S/C20H36O3/c1-17(2)9-6-10-18(3)14(17)7-11-19(4)15(18)8-12-20(5,23-19)16(22)13-21/h14-16,21-22H,6-13H2,1-5H3/t14-,15+,16-,18-,19+,20+/m0/s1. The van der Waals surface area contributed by atoms with Crippen molar-refractivity contribution in [3.8, 4) is 0 Å². The van der Waals surface area contributed by atoms with Gasteiger partial charge in [-0.3, -0.25) is 0 Å². The Hall–Kier alpha value is -0.120. The molecule has 3 fully saturated rings. The molecule has 134 valence electrons. The van der Waals surface area contributed by atoms with E-state index in [1.165, 1.54) is 25.7 Å². The second kappa shape index (κ2) is 5.44. The Morgan fingerprint density at radius 1 is 0.957 bits per heavy atom. The van der Waals surface area contributed by atoms with E-state index >= 15 is 0 Å². The Balaban J connectivity index is 1.90. The Morgan fingerprint density at radius 3 is 2.26 bits per heavy atom. The summed E-state index contributed by atoms with van der Waals surface area (Å²) in [6.45, 7) is 11.5. The van der Waals surface area contributed by atoms with E-state index in [2.05, 4.69) is 27.7 Å². The van der Waals surface area contributed by atoms with Crippen LogP contribution in [0.25, 0.3) is 0 Å². The highest BCUT2D eigenvalue weighted by Gasteiger charge is 2.62. The molecule has 1 heterocycles. The van der Waals surface area contributed by atoms with Gasteiger partial charge in [0, 0.05) is 0 Å². The van der Waals surface area contributed by atoms with Gasteiger partial charge in [0.1, 0.15) is 6.10 Å². The summed E-state index contributed by atoms with van der Waals surface area (Å²) in [7, 11) is 0. The van der Waals surface area contributed by atoms with Crippen molar-refractivity contribution < 1.29 is 14.9 Å². The van der Waals surface area contributed by atoms with Gasteiger partial charge in [-0.1, -0.05) is 27.2 Å². The number of hydrogen-bond donors (Lipinski definition) is 2. The smallest absolute Gasteiger partial charge is 0.106 e. The predicted molar refractivity (Wildman–Crippen MR) is 92.2 cm³/mol. The molecule has 3 heteroatoms. The highest BCUT2D eigenvalue weighted by molar-refractivity contribution is 5.11. The van der Waals surface area contributed by atoms with Gasteiger partial charge in [0.25, 0.3) is 0 Å². The van der Waals surface area contributed by atoms with Crippen LogP contribution in [-0.4, -0.2) is 34.1 Å². The second-order valence-electron chi connectivity index (χ2n) is 9.96. The van der Waals surface area contributed by atoms with E-state index in [4.69, 9.17) is 4.74 Å². The molecule has 3 rings (SSSR count). The average Bonchev–Trinajstić information content (AvgIpc) is 2.44. The van der Waals surface area contributed by atoms with Gasteiger partial charge in [-0.25, -0.2) is 0 Å². The highest BCUT2D eigenvalue weighted by Crippen LogP contribution is 2.65. The molecule has 2 N–H and O–H groups in total. The molecule has 0 aromatic rings. The normalized spacial score (nSPS) is 50.7. The molecule has 0 spiro atoms. The fourth-order valence-corrected chi connectivity index (χ4v) is 6.81. The average molecular weight is 325 g/mol. The summed E-state index contributed by atoms with van der Waals surface area (Å²) in [6.07, 6.45) is 7.45. The lowest BCUT2D eigenvalue weighted by Crippen LogP contribution is -2.64. The van der Waals surface area contributed by atoms with Crippen molar-refractivity contribution in [2.75, 3.05) is 6.61 Å². The summed E-state index contributed by atoms with van der Waals surface area (Å²) in [4.78, 5) is 0. The van der Waals surface area contributed by atoms with E-state index in [-0.39, 0.29) is 12.2 Å². The molecule has 0 unspecified atom stereocenters. The van der Waals surface area contributed by atoms with Crippen LogP contribution in [0.1, 0.15) is 79.6 Å². The minimum absolute atomic E-state index is 0.165. The molecule has 1 aliphatic heterocycles. The number of ether oxygens (including phenoxy) is 1. The van der Waals surface area contributed by atoms with Crippen molar-refractivity contribution in [2.45, 2.75) is 96.9 Å². The summed E-state index contributed by atoms with van der Waals surface area (Å²) >= 11 is 0. The fraction of sp³-hybridized carbons (Fsp3) is 1.00. The summed E-state index contributed by atoms with van der Waals surface area (Å²) in [5, 5.41) is 19.7. The van der Waals surface area contributed by atoms with Gasteiger partial charge in [0.05, 0.1) is 17.8 Å². The quantitative estimate of drug-likeness (QED) is 0.809. The monoisotopic (exact) mass is 324 g/mol. The zero-order valence-corrected chi connectivity index (χ0v) is 15.7. The first-order valence-electron chi connectivity index (χ1n) is 9.57. The molecule has 0 radical (unpaired) electrons. The Morgan fingerprint density at radius 2 is 1.61 bits per heavy atom. The van der Waals surface area contributed by atoms with E-state index in [9.17, 15) is 10.2 Å². The first-order chi connectivity index (χ1) is 10.6. The molecule has 1 saturated heterocycles. The molecule has 3 aliphatic rings. The van der Waals surface area contributed by atoms with Gasteiger partial charge in [-0.05, 0) is 75.0 Å². The summed E-state index contributed by atoms with van der Waals surface area (Å²) < 4.78 is 6.59. The van der Waals surface area contributed by atoms with Crippen molar-refractivity contribution in [1.82, 2.24) is 0 Å². The predicted octanol–water partition coefficient (Wildman–Crippen LogP) is 3.91. The van der Waals surface area contributed by atoms with E-state index in [1.807, 2.05) is 6.92 Å². The zero-order chi connectivity index (χ0) is 17.1. The maximum Gasteiger partial charge on any atom is 0.106 e. The molecule has 0 amide bonds. The Bertz CT molecular complexity index is 462. The number of rotatable bonds is 2. The van der Waals surface area contributed by atoms with Crippen molar-refractivity contribution in [2.24, 2.45) is 22.7 Å². The van der Waals surface area contributed by atoms with Crippen LogP contribution >= 0.6 is 0 Å². The van der Waals surface area contributed by atoms with Crippen molar-refractivity contribution >= 4 is 0 Å².